The molecule has 42 heavy (non-hydrogen) atoms. The van der Waals surface area contributed by atoms with Crippen LogP contribution in [0.3, 0.4) is 0 Å². The largest absolute Gasteiger partial charge is 0.497 e. The number of anilines is 1. The van der Waals surface area contributed by atoms with Gasteiger partial charge in [-0.05, 0) is 36.4 Å². The van der Waals surface area contributed by atoms with Crippen molar-refractivity contribution in [2.45, 2.75) is 20.5 Å². The number of hydrogen-bond acceptors (Lipinski definition) is 7. The normalized spacial score (nSPS) is 13.0. The van der Waals surface area contributed by atoms with Crippen LogP contribution in [0.25, 0.3) is 37.1 Å². The Morgan fingerprint density at radius 1 is 1.05 bits per heavy atom. The molecule has 2 aromatic carbocycles. The zero-order chi connectivity index (χ0) is 30.4. The maximum atomic E-state index is 13.7. The highest BCUT2D eigenvalue weighted by Gasteiger charge is 2.18. The highest BCUT2D eigenvalue weighted by atomic mass is 35.5. The molecule has 1 N–H and O–H groups in total. The van der Waals surface area contributed by atoms with Gasteiger partial charge >= 0.3 is 12.4 Å². The number of thiophene rings is 1. The van der Waals surface area contributed by atoms with Gasteiger partial charge in [-0.15, -0.1) is 11.3 Å². The Morgan fingerprint density at radius 3 is 2.45 bits per heavy atom. The second-order valence-corrected chi connectivity index (χ2v) is 10.1. The van der Waals surface area contributed by atoms with Crippen LogP contribution < -0.4 is 20.9 Å². The van der Waals surface area contributed by atoms with Crippen molar-refractivity contribution in [3.05, 3.63) is 80.7 Å². The molecule has 1 saturated heterocycles. The molecule has 6 rings (SSSR count). The number of fused-ring (bicyclic) bond motifs is 2. The molecule has 0 radical (unpaired) electrons. The number of alkyl halides is 3. The number of nitrogens with zero attached hydrogens (tertiary/aromatic N) is 3. The number of methoxy groups -OCH3 is 1. The monoisotopic (exact) mass is 620 g/mol. The van der Waals surface area contributed by atoms with Crippen LogP contribution in [0.5, 0.6) is 5.75 Å². The number of morpholine rings is 1. The first kappa shape index (κ1) is 31.1. The molecular weight excluding hydrogens is 593 g/mol. The van der Waals surface area contributed by atoms with E-state index in [1.54, 1.807) is 37.7 Å². The summed E-state index contributed by atoms with van der Waals surface area (Å²) in [4.78, 5) is 37.0. The van der Waals surface area contributed by atoms with Gasteiger partial charge < -0.3 is 19.4 Å². The molecule has 0 aliphatic carbocycles. The number of halogens is 4. The molecule has 0 atom stereocenters. The van der Waals surface area contributed by atoms with Crippen LogP contribution in [0.1, 0.15) is 13.8 Å². The number of aromatic nitrogens is 3. The third kappa shape index (κ3) is 6.61. The Bertz CT molecular complexity index is 1800. The van der Waals surface area contributed by atoms with Gasteiger partial charge in [0.15, 0.2) is 0 Å². The minimum atomic E-state index is -3.67. The number of rotatable bonds is 4. The molecular formula is C29H28ClF3N4O4S. The zero-order valence-electron chi connectivity index (χ0n) is 23.0. The average Bonchev–Trinajstić information content (AvgIpc) is 3.42. The van der Waals surface area contributed by atoms with Gasteiger partial charge in [0.2, 0.25) is 0 Å². The second kappa shape index (κ2) is 13.9. The van der Waals surface area contributed by atoms with Gasteiger partial charge in [0, 0.05) is 51.2 Å². The summed E-state index contributed by atoms with van der Waals surface area (Å²) < 4.78 is 41.4. The molecule has 8 nitrogen and oxygen atoms in total. The average molecular weight is 621 g/mol. The molecule has 0 amide bonds. The van der Waals surface area contributed by atoms with Crippen molar-refractivity contribution < 1.29 is 22.6 Å². The molecule has 13 heteroatoms. The first-order valence-electron chi connectivity index (χ1n) is 13.0. The van der Waals surface area contributed by atoms with Crippen molar-refractivity contribution in [2.75, 3.05) is 38.3 Å². The Hall–Kier alpha value is -3.87. The van der Waals surface area contributed by atoms with E-state index in [2.05, 4.69) is 14.9 Å². The van der Waals surface area contributed by atoms with E-state index >= 15 is 0 Å². The summed E-state index contributed by atoms with van der Waals surface area (Å²) in [6, 6.07) is 13.1. The van der Waals surface area contributed by atoms with Gasteiger partial charge in [0.25, 0.3) is 5.56 Å². The predicted octanol–water partition coefficient (Wildman–Crippen LogP) is 6.66. The van der Waals surface area contributed by atoms with Gasteiger partial charge in [-0.25, -0.2) is 9.36 Å². The topological polar surface area (TPSA) is 89.5 Å². The molecule has 0 bridgehead atoms. The Kier molecular flexibility index (Phi) is 10.3. The van der Waals surface area contributed by atoms with E-state index in [4.69, 9.17) is 21.1 Å². The minimum absolute atomic E-state index is 0.407. The van der Waals surface area contributed by atoms with Crippen LogP contribution in [0, 0.1) is 0 Å². The Morgan fingerprint density at radius 2 is 1.76 bits per heavy atom. The van der Waals surface area contributed by atoms with E-state index in [1.807, 2.05) is 38.1 Å². The van der Waals surface area contributed by atoms with Crippen LogP contribution in [-0.2, 0) is 4.74 Å². The summed E-state index contributed by atoms with van der Waals surface area (Å²) in [5, 5.41) is 2.14. The number of benzene rings is 2. The summed E-state index contributed by atoms with van der Waals surface area (Å²) >= 11 is 7.71. The highest BCUT2D eigenvalue weighted by molar-refractivity contribution is 7.22. The molecule has 5 aromatic rings. The molecule has 3 aromatic heterocycles. The van der Waals surface area contributed by atoms with E-state index in [0.717, 1.165) is 44.6 Å². The molecule has 0 saturated carbocycles. The molecule has 1 aliphatic rings. The lowest BCUT2D eigenvalue weighted by Crippen LogP contribution is -2.36. The van der Waals surface area contributed by atoms with Crippen LogP contribution in [-0.4, -0.2) is 54.6 Å². The summed E-state index contributed by atoms with van der Waals surface area (Å²) in [6.45, 7) is 3.22. The summed E-state index contributed by atoms with van der Waals surface area (Å²) in [5.41, 5.74) is 1.70. The fourth-order valence-corrected chi connectivity index (χ4v) is 5.86. The third-order valence-electron chi connectivity index (χ3n) is 6.35. The van der Waals surface area contributed by atoms with Gasteiger partial charge in [0.1, 0.15) is 10.4 Å². The van der Waals surface area contributed by atoms with E-state index in [-0.39, 0.29) is 0 Å². The van der Waals surface area contributed by atoms with Gasteiger partial charge in [-0.2, -0.15) is 13.2 Å². The van der Waals surface area contributed by atoms with Crippen molar-refractivity contribution in [2.24, 2.45) is 0 Å². The van der Waals surface area contributed by atoms with Crippen LogP contribution in [0.2, 0.25) is 5.02 Å². The standard InChI is InChI=1S/C26H21ClN4O4S.C2H6.CHF3/c1-34-17-4-5-20(27)19(11-17)23-12-21-24(36-23)25(32)31(26(33)29-21)22-14-28-13-15-2-3-16(10-18(15)22)30-6-8-35-9-7-30;1-2;2-1(3)4/h2-5,10-14H,6-9H2,1H3,(H,29,33);1-2H3;1H. The summed E-state index contributed by atoms with van der Waals surface area (Å²) in [5.74, 6) is 0.649. The van der Waals surface area contributed by atoms with Gasteiger partial charge in [-0.3, -0.25) is 9.78 Å². The smallest absolute Gasteiger partial charge is 0.379 e. The van der Waals surface area contributed by atoms with Crippen molar-refractivity contribution in [1.82, 2.24) is 14.5 Å². The number of pyridine rings is 1. The molecule has 0 spiro atoms. The quantitative estimate of drug-likeness (QED) is 0.242. The lowest BCUT2D eigenvalue weighted by atomic mass is 10.1. The molecule has 1 fully saturated rings. The van der Waals surface area contributed by atoms with Crippen LogP contribution in [0.4, 0.5) is 18.9 Å². The van der Waals surface area contributed by atoms with Crippen molar-refractivity contribution >= 4 is 49.6 Å². The SMILES string of the molecule is CC.COc1ccc(Cl)c(-c2cc3[nH]c(=O)n(-c4cncc5ccc(N6CCOCC6)cc45)c(=O)c3s2)c1.FC(F)F. The maximum Gasteiger partial charge on any atom is 0.379 e. The van der Waals surface area contributed by atoms with Crippen LogP contribution in [0.15, 0.2) is 64.4 Å². The predicted molar refractivity (Wildman–Crippen MR) is 162 cm³/mol. The zero-order valence-corrected chi connectivity index (χ0v) is 24.6. The molecule has 0 unspecified atom stereocenters. The van der Waals surface area contributed by atoms with Crippen molar-refractivity contribution in [3.8, 4) is 21.9 Å². The molecule has 4 heterocycles. The van der Waals surface area contributed by atoms with Gasteiger partial charge in [0.05, 0.1) is 37.7 Å². The number of ether oxygens (including phenoxy) is 2. The lowest BCUT2D eigenvalue weighted by Gasteiger charge is -2.29. The molecule has 1 aliphatic heterocycles. The first-order valence-corrected chi connectivity index (χ1v) is 14.2. The second-order valence-electron chi connectivity index (χ2n) is 8.68. The maximum absolute atomic E-state index is 13.7. The highest BCUT2D eigenvalue weighted by Crippen LogP contribution is 2.37. The number of hydrogen-bond donors (Lipinski definition) is 1. The lowest BCUT2D eigenvalue weighted by molar-refractivity contribution is 0.00819. The first-order chi connectivity index (χ1) is 20.3. The van der Waals surface area contributed by atoms with Gasteiger partial charge in [-0.1, -0.05) is 31.5 Å². The molecule has 222 valence electrons. The van der Waals surface area contributed by atoms with E-state index in [9.17, 15) is 22.8 Å². The summed E-state index contributed by atoms with van der Waals surface area (Å²) in [6.07, 6.45) is 3.29. The third-order valence-corrected chi connectivity index (χ3v) is 7.84. The summed E-state index contributed by atoms with van der Waals surface area (Å²) in [7, 11) is 1.58. The Balaban J connectivity index is 0.000000624. The van der Waals surface area contributed by atoms with E-state index in [1.165, 1.54) is 11.3 Å². The van der Waals surface area contributed by atoms with Crippen molar-refractivity contribution in [1.29, 1.82) is 0 Å². The fraction of sp³-hybridized carbons (Fsp3) is 0.276. The van der Waals surface area contributed by atoms with E-state index < -0.39 is 17.9 Å². The number of H-pyrrole nitrogens is 1. The number of aromatic amines is 1. The van der Waals surface area contributed by atoms with Crippen molar-refractivity contribution in [3.63, 3.8) is 0 Å². The Labute approximate surface area is 247 Å². The minimum Gasteiger partial charge on any atom is -0.497 e. The fourth-order valence-electron chi connectivity index (χ4n) is 4.51. The van der Waals surface area contributed by atoms with E-state index in [0.29, 0.717) is 39.9 Å². The number of nitrogens with one attached hydrogen (secondary N) is 1. The van der Waals surface area contributed by atoms with Crippen LogP contribution >= 0.6 is 22.9 Å².